The third-order valence-electron chi connectivity index (χ3n) is 5.04. The van der Waals surface area contributed by atoms with Gasteiger partial charge in [0, 0.05) is 12.1 Å². The van der Waals surface area contributed by atoms with Crippen molar-refractivity contribution in [1.29, 1.82) is 0 Å². The zero-order valence-corrected chi connectivity index (χ0v) is 20.2. The topological polar surface area (TPSA) is 111 Å². The number of nitro groups is 1. The van der Waals surface area contributed by atoms with Crippen molar-refractivity contribution in [3.63, 3.8) is 0 Å². The zero-order valence-electron chi connectivity index (χ0n) is 18.6. The predicted octanol–water partition coefficient (Wildman–Crippen LogP) is 5.43. The Bertz CT molecular complexity index is 1330. The number of amides is 3. The van der Waals surface area contributed by atoms with Crippen molar-refractivity contribution in [2.24, 2.45) is 0 Å². The maximum Gasteiger partial charge on any atom is 0.333 e. The van der Waals surface area contributed by atoms with Gasteiger partial charge in [-0.25, -0.2) is 9.69 Å². The summed E-state index contributed by atoms with van der Waals surface area (Å²) in [6.07, 6.45) is 1.56. The van der Waals surface area contributed by atoms with Crippen LogP contribution in [0.3, 0.4) is 0 Å². The molecule has 3 amide bonds. The maximum absolute atomic E-state index is 12.9. The molecule has 0 spiro atoms. The van der Waals surface area contributed by atoms with E-state index in [1.165, 1.54) is 12.1 Å². The first-order valence-electron chi connectivity index (χ1n) is 10.6. The quantitative estimate of drug-likeness (QED) is 0.177. The molecule has 10 heteroatoms. The molecule has 0 aromatic heterocycles. The van der Waals surface area contributed by atoms with Gasteiger partial charge in [-0.3, -0.25) is 14.9 Å². The van der Waals surface area contributed by atoms with Gasteiger partial charge in [0.2, 0.25) is 0 Å². The Hall–Kier alpha value is -4.18. The number of benzene rings is 3. The first kappa shape index (κ1) is 24.0. The zero-order chi connectivity index (χ0) is 24.9. The van der Waals surface area contributed by atoms with E-state index in [1.54, 1.807) is 60.7 Å². The van der Waals surface area contributed by atoms with Gasteiger partial charge in [-0.2, -0.15) is 0 Å². The molecule has 0 saturated carbocycles. The van der Waals surface area contributed by atoms with Crippen LogP contribution in [0.4, 0.5) is 16.2 Å². The number of rotatable bonds is 8. The van der Waals surface area contributed by atoms with E-state index in [0.29, 0.717) is 39.4 Å². The summed E-state index contributed by atoms with van der Waals surface area (Å²) in [6.45, 7) is 2.26. The SMILES string of the molecule is CCOc1cc(/C=C2/NC(=O)N(c3ccccc3)C2=O)cc(Br)c1OCc1cccc([N+](=O)[O-])c1. The Balaban J connectivity index is 1.59. The molecular weight excluding hydrogens is 518 g/mol. The van der Waals surface area contributed by atoms with Crippen molar-refractivity contribution in [3.05, 3.63) is 98.1 Å². The highest BCUT2D eigenvalue weighted by Crippen LogP contribution is 2.38. The van der Waals surface area contributed by atoms with Crippen LogP contribution >= 0.6 is 15.9 Å². The molecule has 1 aliphatic heterocycles. The second-order valence-electron chi connectivity index (χ2n) is 7.44. The van der Waals surface area contributed by atoms with Crippen LogP contribution in [-0.2, 0) is 11.4 Å². The summed E-state index contributed by atoms with van der Waals surface area (Å²) in [5.41, 5.74) is 1.80. The molecule has 4 rings (SSSR count). The van der Waals surface area contributed by atoms with Crippen molar-refractivity contribution >= 4 is 45.3 Å². The minimum atomic E-state index is -0.534. The normalized spacial score (nSPS) is 14.2. The molecule has 0 radical (unpaired) electrons. The Kier molecular flexibility index (Phi) is 7.11. The van der Waals surface area contributed by atoms with Crippen LogP contribution < -0.4 is 19.7 Å². The summed E-state index contributed by atoms with van der Waals surface area (Å²) in [6, 6.07) is 17.7. The fourth-order valence-corrected chi connectivity index (χ4v) is 4.08. The molecule has 1 saturated heterocycles. The number of nitrogens with one attached hydrogen (secondary N) is 1. The highest BCUT2D eigenvalue weighted by molar-refractivity contribution is 9.10. The number of non-ortho nitro benzene ring substituents is 1. The lowest BCUT2D eigenvalue weighted by Gasteiger charge is -2.15. The van der Waals surface area contributed by atoms with E-state index in [9.17, 15) is 19.7 Å². The summed E-state index contributed by atoms with van der Waals surface area (Å²) in [7, 11) is 0. The van der Waals surface area contributed by atoms with Crippen molar-refractivity contribution < 1.29 is 24.0 Å². The van der Waals surface area contributed by atoms with Gasteiger partial charge in [-0.1, -0.05) is 30.3 Å². The molecule has 1 aliphatic rings. The Labute approximate surface area is 209 Å². The fourth-order valence-electron chi connectivity index (χ4n) is 3.50. The summed E-state index contributed by atoms with van der Waals surface area (Å²) in [4.78, 5) is 36.9. The van der Waals surface area contributed by atoms with E-state index < -0.39 is 16.9 Å². The van der Waals surface area contributed by atoms with Crippen LogP contribution in [0, 0.1) is 10.1 Å². The van der Waals surface area contributed by atoms with Gasteiger partial charge in [0.15, 0.2) is 11.5 Å². The summed E-state index contributed by atoms with van der Waals surface area (Å²) in [5.74, 6) is 0.352. The Morgan fingerprint density at radius 1 is 1.06 bits per heavy atom. The molecule has 3 aromatic carbocycles. The van der Waals surface area contributed by atoms with Gasteiger partial charge in [0.05, 0.1) is 21.7 Å². The number of hydrogen-bond donors (Lipinski definition) is 1. The van der Waals surface area contributed by atoms with Gasteiger partial charge in [-0.15, -0.1) is 0 Å². The number of urea groups is 1. The first-order valence-corrected chi connectivity index (χ1v) is 11.4. The lowest BCUT2D eigenvalue weighted by Crippen LogP contribution is -2.30. The van der Waals surface area contributed by atoms with Crippen LogP contribution in [-0.4, -0.2) is 23.5 Å². The fraction of sp³-hybridized carbons (Fsp3) is 0.120. The molecule has 35 heavy (non-hydrogen) atoms. The molecule has 0 bridgehead atoms. The van der Waals surface area contributed by atoms with Crippen LogP contribution in [0.1, 0.15) is 18.1 Å². The number of anilines is 1. The number of nitrogens with zero attached hydrogens (tertiary/aromatic N) is 2. The number of halogens is 1. The number of carbonyl (C=O) groups is 2. The van der Waals surface area contributed by atoms with Gasteiger partial charge in [0.1, 0.15) is 12.3 Å². The van der Waals surface area contributed by atoms with Crippen molar-refractivity contribution in [2.75, 3.05) is 11.5 Å². The molecule has 178 valence electrons. The molecule has 9 nitrogen and oxygen atoms in total. The van der Waals surface area contributed by atoms with Crippen LogP contribution in [0.5, 0.6) is 11.5 Å². The molecular formula is C25H20BrN3O6. The summed E-state index contributed by atoms with van der Waals surface area (Å²) >= 11 is 3.48. The molecule has 0 aliphatic carbocycles. The largest absolute Gasteiger partial charge is 0.490 e. The van der Waals surface area contributed by atoms with E-state index in [1.807, 2.05) is 6.92 Å². The smallest absolute Gasteiger partial charge is 0.333 e. The first-order chi connectivity index (χ1) is 16.9. The summed E-state index contributed by atoms with van der Waals surface area (Å²) in [5, 5.41) is 13.6. The van der Waals surface area contributed by atoms with Crippen molar-refractivity contribution in [2.45, 2.75) is 13.5 Å². The van der Waals surface area contributed by atoms with Gasteiger partial charge >= 0.3 is 6.03 Å². The van der Waals surface area contributed by atoms with Crippen molar-refractivity contribution in [1.82, 2.24) is 5.32 Å². The Morgan fingerprint density at radius 3 is 2.54 bits per heavy atom. The van der Waals surface area contributed by atoms with E-state index >= 15 is 0 Å². The van der Waals surface area contributed by atoms with Crippen LogP contribution in [0.2, 0.25) is 0 Å². The number of ether oxygens (including phenoxy) is 2. The number of para-hydroxylation sites is 1. The number of imide groups is 1. The second-order valence-corrected chi connectivity index (χ2v) is 8.30. The van der Waals surface area contributed by atoms with Gasteiger partial charge in [-0.05, 0) is 64.3 Å². The second kappa shape index (κ2) is 10.4. The molecule has 1 fully saturated rings. The third kappa shape index (κ3) is 5.33. The van der Waals surface area contributed by atoms with Crippen molar-refractivity contribution in [3.8, 4) is 11.5 Å². The highest BCUT2D eigenvalue weighted by Gasteiger charge is 2.34. The number of carbonyl (C=O) groups excluding carboxylic acids is 2. The lowest BCUT2D eigenvalue weighted by molar-refractivity contribution is -0.384. The van der Waals surface area contributed by atoms with Gasteiger partial charge in [0.25, 0.3) is 11.6 Å². The maximum atomic E-state index is 12.9. The number of nitro benzene ring substituents is 1. The van der Waals surface area contributed by atoms with E-state index in [0.717, 1.165) is 4.90 Å². The highest BCUT2D eigenvalue weighted by atomic mass is 79.9. The standard InChI is InChI=1S/C25H20BrN3O6/c1-2-34-22-14-17(13-21-24(30)28(25(31)27-21)18-8-4-3-5-9-18)12-20(26)23(22)35-15-16-7-6-10-19(11-16)29(32)33/h3-14H,2,15H2,1H3,(H,27,31)/b21-13+. The predicted molar refractivity (Wildman–Crippen MR) is 133 cm³/mol. The monoisotopic (exact) mass is 537 g/mol. The molecule has 0 unspecified atom stereocenters. The van der Waals surface area contributed by atoms with E-state index in [-0.39, 0.29) is 18.0 Å². The number of hydrogen-bond acceptors (Lipinski definition) is 6. The summed E-state index contributed by atoms with van der Waals surface area (Å²) < 4.78 is 12.2. The van der Waals surface area contributed by atoms with E-state index in [2.05, 4.69) is 21.2 Å². The lowest BCUT2D eigenvalue weighted by atomic mass is 10.1. The van der Waals surface area contributed by atoms with Gasteiger partial charge < -0.3 is 14.8 Å². The average Bonchev–Trinajstić information content (AvgIpc) is 3.12. The Morgan fingerprint density at radius 2 is 1.83 bits per heavy atom. The van der Waals surface area contributed by atoms with E-state index in [4.69, 9.17) is 9.47 Å². The minimum Gasteiger partial charge on any atom is -0.490 e. The molecule has 3 aromatic rings. The average molecular weight is 538 g/mol. The van der Waals surface area contributed by atoms with Crippen LogP contribution in [0.15, 0.2) is 76.9 Å². The molecule has 0 atom stereocenters. The van der Waals surface area contributed by atoms with Crippen LogP contribution in [0.25, 0.3) is 6.08 Å². The molecule has 1 heterocycles. The molecule has 1 N–H and O–H groups in total. The third-order valence-corrected chi connectivity index (χ3v) is 5.63. The minimum absolute atomic E-state index is 0.0232.